The van der Waals surface area contributed by atoms with E-state index in [1.807, 2.05) is 44.1 Å². The molecule has 0 unspecified atom stereocenters. The Balaban J connectivity index is 2.09. The fraction of sp³-hybridized carbons (Fsp3) is 0.316. The van der Waals surface area contributed by atoms with Crippen molar-refractivity contribution in [2.45, 2.75) is 18.2 Å². The van der Waals surface area contributed by atoms with E-state index in [-0.39, 0.29) is 10.8 Å². The van der Waals surface area contributed by atoms with Crippen molar-refractivity contribution in [2.75, 3.05) is 32.5 Å². The summed E-state index contributed by atoms with van der Waals surface area (Å²) in [6.07, 6.45) is 0.708. The van der Waals surface area contributed by atoms with Gasteiger partial charge in [-0.1, -0.05) is 24.3 Å². The Kier molecular flexibility index (Phi) is 6.90. The fourth-order valence-corrected chi connectivity index (χ4v) is 3.52. The fourth-order valence-electron chi connectivity index (χ4n) is 2.40. The van der Waals surface area contributed by atoms with Crippen LogP contribution in [0.25, 0.3) is 0 Å². The number of hydrogen-bond acceptors (Lipinski definition) is 4. The van der Waals surface area contributed by atoms with E-state index in [1.54, 1.807) is 18.2 Å². The first-order valence-electron chi connectivity index (χ1n) is 8.41. The zero-order valence-electron chi connectivity index (χ0n) is 15.3. The van der Waals surface area contributed by atoms with Gasteiger partial charge >= 0.3 is 0 Å². The molecule has 0 aliphatic rings. The van der Waals surface area contributed by atoms with Crippen LogP contribution in [0.2, 0.25) is 0 Å². The zero-order chi connectivity index (χ0) is 19.2. The first-order valence-corrected chi connectivity index (χ1v) is 9.89. The van der Waals surface area contributed by atoms with E-state index in [2.05, 4.69) is 10.0 Å². The van der Waals surface area contributed by atoms with Crippen molar-refractivity contribution in [3.63, 3.8) is 0 Å². The van der Waals surface area contributed by atoms with Crippen molar-refractivity contribution in [3.05, 3.63) is 59.7 Å². The molecule has 0 aliphatic heterocycles. The van der Waals surface area contributed by atoms with Crippen molar-refractivity contribution in [1.82, 2.24) is 9.62 Å². The Morgan fingerprint density at radius 2 is 1.81 bits per heavy atom. The van der Waals surface area contributed by atoms with Gasteiger partial charge in [0, 0.05) is 17.8 Å². The van der Waals surface area contributed by atoms with Gasteiger partial charge in [0.05, 0.1) is 4.90 Å². The number of carbonyl (C=O) groups is 1. The number of para-hydroxylation sites is 1. The quantitative estimate of drug-likeness (QED) is 0.695. The van der Waals surface area contributed by atoms with E-state index < -0.39 is 10.0 Å². The Morgan fingerprint density at radius 1 is 1.08 bits per heavy atom. The number of aryl methyl sites for hydroxylation is 1. The van der Waals surface area contributed by atoms with Crippen LogP contribution in [0.5, 0.6) is 0 Å². The summed E-state index contributed by atoms with van der Waals surface area (Å²) >= 11 is 0. The summed E-state index contributed by atoms with van der Waals surface area (Å²) in [6, 6.07) is 13.5. The SMILES string of the molecule is Cc1ccccc1NC(=O)c1cccc(S(=O)(=O)NCCCN(C)C)c1. The molecule has 0 aromatic heterocycles. The lowest BCUT2D eigenvalue weighted by Crippen LogP contribution is -2.27. The highest BCUT2D eigenvalue weighted by Crippen LogP contribution is 2.16. The minimum Gasteiger partial charge on any atom is -0.322 e. The van der Waals surface area contributed by atoms with Gasteiger partial charge in [-0.15, -0.1) is 0 Å². The molecule has 0 aliphatic carbocycles. The molecule has 0 saturated heterocycles. The highest BCUT2D eigenvalue weighted by molar-refractivity contribution is 7.89. The molecular weight excluding hydrogens is 350 g/mol. The van der Waals surface area contributed by atoms with Gasteiger partial charge in [0.25, 0.3) is 5.91 Å². The third-order valence-corrected chi connectivity index (χ3v) is 5.33. The lowest BCUT2D eigenvalue weighted by atomic mass is 10.1. The maximum Gasteiger partial charge on any atom is 0.255 e. The minimum absolute atomic E-state index is 0.0831. The van der Waals surface area contributed by atoms with Crippen LogP contribution in [0, 0.1) is 6.92 Å². The van der Waals surface area contributed by atoms with E-state index in [0.29, 0.717) is 24.2 Å². The molecule has 7 heteroatoms. The van der Waals surface area contributed by atoms with Crippen LogP contribution in [-0.2, 0) is 10.0 Å². The van der Waals surface area contributed by atoms with Crippen molar-refractivity contribution in [3.8, 4) is 0 Å². The second kappa shape index (κ2) is 8.93. The van der Waals surface area contributed by atoms with Gasteiger partial charge < -0.3 is 10.2 Å². The first kappa shape index (κ1) is 20.1. The molecule has 0 saturated carbocycles. The van der Waals surface area contributed by atoms with Gasteiger partial charge in [-0.2, -0.15) is 0 Å². The number of benzene rings is 2. The molecule has 2 aromatic carbocycles. The topological polar surface area (TPSA) is 78.5 Å². The monoisotopic (exact) mass is 375 g/mol. The summed E-state index contributed by atoms with van der Waals surface area (Å²) in [6.45, 7) is 3.04. The second-order valence-electron chi connectivity index (χ2n) is 6.35. The summed E-state index contributed by atoms with van der Waals surface area (Å²) in [5.41, 5.74) is 1.93. The van der Waals surface area contributed by atoms with Gasteiger partial charge in [0.2, 0.25) is 10.0 Å². The Morgan fingerprint density at radius 3 is 2.50 bits per heavy atom. The predicted octanol–water partition coefficient (Wildman–Crippen LogP) is 2.48. The van der Waals surface area contributed by atoms with E-state index in [9.17, 15) is 13.2 Å². The number of amides is 1. The molecule has 2 rings (SSSR count). The zero-order valence-corrected chi connectivity index (χ0v) is 16.1. The Labute approximate surface area is 155 Å². The van der Waals surface area contributed by atoms with Crippen LogP contribution in [0.15, 0.2) is 53.4 Å². The van der Waals surface area contributed by atoms with E-state index >= 15 is 0 Å². The molecular formula is C19H25N3O3S. The maximum atomic E-state index is 12.4. The minimum atomic E-state index is -3.64. The summed E-state index contributed by atoms with van der Waals surface area (Å²) in [4.78, 5) is 14.5. The first-order chi connectivity index (χ1) is 12.3. The van der Waals surface area contributed by atoms with E-state index in [0.717, 1.165) is 12.1 Å². The molecule has 1 amide bonds. The number of rotatable bonds is 8. The number of carbonyl (C=O) groups excluding carboxylic acids is 1. The van der Waals surface area contributed by atoms with Gasteiger partial charge in [0.15, 0.2) is 0 Å². The van der Waals surface area contributed by atoms with Gasteiger partial charge in [-0.3, -0.25) is 4.79 Å². The van der Waals surface area contributed by atoms with Crippen LogP contribution in [0.4, 0.5) is 5.69 Å². The molecule has 0 heterocycles. The molecule has 0 atom stereocenters. The summed E-state index contributed by atoms with van der Waals surface area (Å²) < 4.78 is 27.4. The number of nitrogens with one attached hydrogen (secondary N) is 2. The molecule has 0 radical (unpaired) electrons. The molecule has 0 bridgehead atoms. The number of anilines is 1. The smallest absolute Gasteiger partial charge is 0.255 e. The van der Waals surface area contributed by atoms with Crippen LogP contribution < -0.4 is 10.0 Å². The van der Waals surface area contributed by atoms with Gasteiger partial charge in [0.1, 0.15) is 0 Å². The predicted molar refractivity (Wildman–Crippen MR) is 104 cm³/mol. The molecule has 26 heavy (non-hydrogen) atoms. The van der Waals surface area contributed by atoms with E-state index in [4.69, 9.17) is 0 Å². The summed E-state index contributed by atoms with van der Waals surface area (Å²) in [5.74, 6) is -0.344. The molecule has 2 N–H and O–H groups in total. The van der Waals surface area contributed by atoms with Gasteiger partial charge in [-0.25, -0.2) is 13.1 Å². The largest absolute Gasteiger partial charge is 0.322 e. The summed E-state index contributed by atoms with van der Waals surface area (Å²) in [5, 5.41) is 2.81. The lowest BCUT2D eigenvalue weighted by molar-refractivity contribution is 0.102. The van der Waals surface area contributed by atoms with Crippen LogP contribution in [-0.4, -0.2) is 46.4 Å². The molecule has 6 nitrogen and oxygen atoms in total. The van der Waals surface area contributed by atoms with Crippen molar-refractivity contribution >= 4 is 21.6 Å². The third kappa shape index (κ3) is 5.66. The lowest BCUT2D eigenvalue weighted by Gasteiger charge is -2.11. The van der Waals surface area contributed by atoms with Gasteiger partial charge in [-0.05, 0) is 63.8 Å². The second-order valence-corrected chi connectivity index (χ2v) is 8.12. The number of sulfonamides is 1. The van der Waals surface area contributed by atoms with Crippen molar-refractivity contribution < 1.29 is 13.2 Å². The standard InChI is InChI=1S/C19H25N3O3S/c1-15-8-4-5-11-18(15)21-19(23)16-9-6-10-17(14-16)26(24,25)20-12-7-13-22(2)3/h4-6,8-11,14,20H,7,12-13H2,1-3H3,(H,21,23). The van der Waals surface area contributed by atoms with E-state index in [1.165, 1.54) is 12.1 Å². The molecule has 0 spiro atoms. The molecule has 2 aromatic rings. The Hall–Kier alpha value is -2.22. The number of nitrogens with zero attached hydrogens (tertiary/aromatic N) is 1. The third-order valence-electron chi connectivity index (χ3n) is 3.87. The highest BCUT2D eigenvalue weighted by atomic mass is 32.2. The van der Waals surface area contributed by atoms with Crippen LogP contribution >= 0.6 is 0 Å². The van der Waals surface area contributed by atoms with Crippen LogP contribution in [0.1, 0.15) is 22.3 Å². The number of hydrogen-bond donors (Lipinski definition) is 2. The normalized spacial score (nSPS) is 11.5. The summed E-state index contributed by atoms with van der Waals surface area (Å²) in [7, 11) is 0.227. The van der Waals surface area contributed by atoms with Crippen molar-refractivity contribution in [2.24, 2.45) is 0 Å². The Bertz CT molecular complexity index is 864. The van der Waals surface area contributed by atoms with Crippen LogP contribution in [0.3, 0.4) is 0 Å². The average molecular weight is 375 g/mol. The maximum absolute atomic E-state index is 12.4. The average Bonchev–Trinajstić information content (AvgIpc) is 2.61. The van der Waals surface area contributed by atoms with Crippen molar-refractivity contribution in [1.29, 1.82) is 0 Å². The molecule has 0 fully saturated rings. The molecule has 140 valence electrons. The highest BCUT2D eigenvalue weighted by Gasteiger charge is 2.16.